The fourth-order valence-corrected chi connectivity index (χ4v) is 2.68. The normalized spacial score (nSPS) is 12.2. The van der Waals surface area contributed by atoms with Crippen LogP contribution in [-0.4, -0.2) is 20.1 Å². The van der Waals surface area contributed by atoms with Crippen molar-refractivity contribution in [3.63, 3.8) is 0 Å². The molecule has 0 aliphatic heterocycles. The van der Waals surface area contributed by atoms with E-state index in [2.05, 4.69) is 64.8 Å². The summed E-state index contributed by atoms with van der Waals surface area (Å²) in [5.41, 5.74) is 2.53. The lowest BCUT2D eigenvalue weighted by Crippen LogP contribution is -2.24. The molecule has 100 valence electrons. The Morgan fingerprint density at radius 3 is 2.72 bits per heavy atom. The monoisotopic (exact) mass is 310 g/mol. The number of nitrogens with zero attached hydrogens (tertiary/aromatic N) is 1. The molecule has 1 N–H and O–H groups in total. The van der Waals surface area contributed by atoms with Crippen molar-refractivity contribution in [1.82, 2.24) is 5.32 Å². The van der Waals surface area contributed by atoms with Crippen molar-refractivity contribution in [3.8, 4) is 0 Å². The highest BCUT2D eigenvalue weighted by molar-refractivity contribution is 9.10. The van der Waals surface area contributed by atoms with Crippen LogP contribution in [0.4, 0.5) is 5.69 Å². The van der Waals surface area contributed by atoms with Crippen LogP contribution < -0.4 is 10.2 Å². The van der Waals surface area contributed by atoms with Gasteiger partial charge in [0, 0.05) is 29.3 Å². The summed E-state index contributed by atoms with van der Waals surface area (Å²) in [7, 11) is 1.98. The van der Waals surface area contributed by atoms with Gasteiger partial charge in [-0.3, -0.25) is 0 Å². The Morgan fingerprint density at radius 1 is 1.50 bits per heavy atom. The fraction of sp³-hybridized carbons (Fsp3) is 0.467. The number of rotatable bonds is 7. The van der Waals surface area contributed by atoms with E-state index in [1.165, 1.54) is 11.3 Å². The molecule has 0 amide bonds. The predicted octanol–water partition coefficient (Wildman–Crippen LogP) is 4.13. The highest BCUT2D eigenvalue weighted by atomic mass is 79.9. The third-order valence-electron chi connectivity index (χ3n) is 3.09. The molecule has 0 bridgehead atoms. The minimum Gasteiger partial charge on any atom is -0.368 e. The third-order valence-corrected chi connectivity index (χ3v) is 3.78. The quantitative estimate of drug-likeness (QED) is 0.762. The van der Waals surface area contributed by atoms with E-state index < -0.39 is 0 Å². The maximum absolute atomic E-state index is 3.83. The summed E-state index contributed by atoms with van der Waals surface area (Å²) in [6.45, 7) is 10.1. The van der Waals surface area contributed by atoms with Gasteiger partial charge >= 0.3 is 0 Å². The first-order valence-electron chi connectivity index (χ1n) is 6.46. The van der Waals surface area contributed by atoms with Crippen molar-refractivity contribution >= 4 is 21.6 Å². The lowest BCUT2D eigenvalue weighted by atomic mass is 10.1. The number of anilines is 1. The van der Waals surface area contributed by atoms with Crippen molar-refractivity contribution in [3.05, 3.63) is 40.9 Å². The summed E-state index contributed by atoms with van der Waals surface area (Å²) >= 11 is 3.67. The Hall–Kier alpha value is -0.800. The van der Waals surface area contributed by atoms with Gasteiger partial charge in [-0.05, 0) is 38.1 Å². The Balaban J connectivity index is 2.97. The molecular weight excluding hydrogens is 288 g/mol. The van der Waals surface area contributed by atoms with Gasteiger partial charge in [-0.2, -0.15) is 0 Å². The lowest BCUT2D eigenvalue weighted by molar-refractivity contribution is 0.649. The Morgan fingerprint density at radius 2 is 2.22 bits per heavy atom. The van der Waals surface area contributed by atoms with E-state index in [0.29, 0.717) is 6.04 Å². The third kappa shape index (κ3) is 3.85. The molecule has 0 aliphatic rings. The molecule has 0 heterocycles. The molecule has 0 radical (unpaired) electrons. The largest absolute Gasteiger partial charge is 0.368 e. The second kappa shape index (κ2) is 7.59. The Kier molecular flexibility index (Phi) is 6.44. The van der Waals surface area contributed by atoms with Crippen LogP contribution in [0.25, 0.3) is 0 Å². The van der Waals surface area contributed by atoms with E-state index in [0.717, 1.165) is 24.0 Å². The van der Waals surface area contributed by atoms with E-state index in [1.54, 1.807) is 0 Å². The summed E-state index contributed by atoms with van der Waals surface area (Å²) in [5, 5.41) is 3.26. The van der Waals surface area contributed by atoms with Crippen LogP contribution in [-0.2, 0) is 0 Å². The smallest absolute Gasteiger partial charge is 0.0380 e. The van der Waals surface area contributed by atoms with Crippen LogP contribution in [0.15, 0.2) is 35.3 Å². The summed E-state index contributed by atoms with van der Waals surface area (Å²) in [5.74, 6) is 0. The molecule has 0 saturated heterocycles. The number of hydrogen-bond donors (Lipinski definition) is 1. The average Bonchev–Trinajstić information content (AvgIpc) is 2.37. The SMILES string of the molecule is C=CCN(CCC)c1ccc(C(C)NC)c(Br)c1. The van der Waals surface area contributed by atoms with Gasteiger partial charge in [-0.1, -0.05) is 35.0 Å². The van der Waals surface area contributed by atoms with Gasteiger partial charge < -0.3 is 10.2 Å². The molecule has 0 saturated carbocycles. The zero-order valence-electron chi connectivity index (χ0n) is 11.5. The summed E-state index contributed by atoms with van der Waals surface area (Å²) in [6, 6.07) is 6.93. The van der Waals surface area contributed by atoms with Crippen LogP contribution in [0.5, 0.6) is 0 Å². The maximum atomic E-state index is 3.83. The molecule has 1 rings (SSSR count). The van der Waals surface area contributed by atoms with Crippen LogP contribution >= 0.6 is 15.9 Å². The van der Waals surface area contributed by atoms with Crippen molar-refractivity contribution in [2.45, 2.75) is 26.3 Å². The van der Waals surface area contributed by atoms with E-state index in [4.69, 9.17) is 0 Å². The number of halogens is 1. The van der Waals surface area contributed by atoms with Gasteiger partial charge in [0.25, 0.3) is 0 Å². The van der Waals surface area contributed by atoms with Gasteiger partial charge in [0.05, 0.1) is 0 Å². The van der Waals surface area contributed by atoms with E-state index in [9.17, 15) is 0 Å². The predicted molar refractivity (Wildman–Crippen MR) is 84.3 cm³/mol. The zero-order chi connectivity index (χ0) is 13.5. The molecule has 1 unspecified atom stereocenters. The number of nitrogens with one attached hydrogen (secondary N) is 1. The molecule has 1 aromatic rings. The van der Waals surface area contributed by atoms with Crippen molar-refractivity contribution in [1.29, 1.82) is 0 Å². The molecule has 0 aromatic heterocycles. The molecule has 18 heavy (non-hydrogen) atoms. The Labute approximate surface area is 119 Å². The molecule has 1 atom stereocenters. The van der Waals surface area contributed by atoms with E-state index in [-0.39, 0.29) is 0 Å². The summed E-state index contributed by atoms with van der Waals surface area (Å²) in [6.07, 6.45) is 3.09. The first-order valence-corrected chi connectivity index (χ1v) is 7.25. The van der Waals surface area contributed by atoms with Crippen LogP contribution in [0.3, 0.4) is 0 Å². The molecule has 0 spiro atoms. The van der Waals surface area contributed by atoms with E-state index in [1.807, 2.05) is 13.1 Å². The highest BCUT2D eigenvalue weighted by Gasteiger charge is 2.10. The first kappa shape index (κ1) is 15.3. The molecular formula is C15H23BrN2. The summed E-state index contributed by atoms with van der Waals surface area (Å²) in [4.78, 5) is 2.34. The minimum absolute atomic E-state index is 0.354. The fourth-order valence-electron chi connectivity index (χ4n) is 1.97. The topological polar surface area (TPSA) is 15.3 Å². The maximum Gasteiger partial charge on any atom is 0.0380 e. The van der Waals surface area contributed by atoms with Crippen LogP contribution in [0, 0.1) is 0 Å². The molecule has 2 nitrogen and oxygen atoms in total. The van der Waals surface area contributed by atoms with Gasteiger partial charge in [0.15, 0.2) is 0 Å². The average molecular weight is 311 g/mol. The number of hydrogen-bond acceptors (Lipinski definition) is 2. The molecule has 0 fully saturated rings. The zero-order valence-corrected chi connectivity index (χ0v) is 13.1. The second-order valence-corrected chi connectivity index (χ2v) is 5.31. The lowest BCUT2D eigenvalue weighted by Gasteiger charge is -2.24. The van der Waals surface area contributed by atoms with E-state index >= 15 is 0 Å². The van der Waals surface area contributed by atoms with Gasteiger partial charge in [-0.25, -0.2) is 0 Å². The molecule has 0 aliphatic carbocycles. The van der Waals surface area contributed by atoms with Gasteiger partial charge in [-0.15, -0.1) is 6.58 Å². The first-order chi connectivity index (χ1) is 8.63. The van der Waals surface area contributed by atoms with Crippen LogP contribution in [0.2, 0.25) is 0 Å². The molecule has 1 aromatic carbocycles. The minimum atomic E-state index is 0.354. The second-order valence-electron chi connectivity index (χ2n) is 4.45. The Bertz CT molecular complexity index is 390. The van der Waals surface area contributed by atoms with Crippen molar-refractivity contribution in [2.24, 2.45) is 0 Å². The van der Waals surface area contributed by atoms with Crippen molar-refractivity contribution < 1.29 is 0 Å². The highest BCUT2D eigenvalue weighted by Crippen LogP contribution is 2.28. The summed E-state index contributed by atoms with van der Waals surface area (Å²) < 4.78 is 1.16. The van der Waals surface area contributed by atoms with Gasteiger partial charge in [0.2, 0.25) is 0 Å². The van der Waals surface area contributed by atoms with Crippen LogP contribution in [0.1, 0.15) is 31.9 Å². The van der Waals surface area contributed by atoms with Gasteiger partial charge in [0.1, 0.15) is 0 Å². The van der Waals surface area contributed by atoms with Crippen molar-refractivity contribution in [2.75, 3.05) is 25.0 Å². The molecule has 3 heteroatoms. The standard InChI is InChI=1S/C15H23BrN2/c1-5-9-18(10-6-2)13-7-8-14(12(3)17-4)15(16)11-13/h5,7-8,11-12,17H,1,6,9-10H2,2-4H3. The number of benzene rings is 1.